The van der Waals surface area contributed by atoms with Crippen molar-refractivity contribution in [3.8, 4) is 0 Å². The van der Waals surface area contributed by atoms with E-state index in [2.05, 4.69) is 5.32 Å². The largest absolute Gasteiger partial charge is 0.388 e. The quantitative estimate of drug-likeness (QED) is 0.809. The zero-order valence-corrected chi connectivity index (χ0v) is 11.9. The van der Waals surface area contributed by atoms with E-state index in [9.17, 15) is 18.7 Å². The van der Waals surface area contributed by atoms with Gasteiger partial charge in [-0.2, -0.15) is 0 Å². The topological polar surface area (TPSA) is 49.3 Å². The molecular weight excluding hydrogens is 264 g/mol. The molecule has 112 valence electrons. The molecule has 0 radical (unpaired) electrons. The van der Waals surface area contributed by atoms with E-state index in [0.717, 1.165) is 25.0 Å². The highest BCUT2D eigenvalue weighted by molar-refractivity contribution is 5.94. The van der Waals surface area contributed by atoms with Crippen LogP contribution >= 0.6 is 0 Å². The van der Waals surface area contributed by atoms with Gasteiger partial charge >= 0.3 is 0 Å². The van der Waals surface area contributed by atoms with Crippen LogP contribution in [0.4, 0.5) is 8.78 Å². The minimum atomic E-state index is -0.977. The number of aliphatic hydroxyl groups is 1. The number of halogens is 2. The Bertz CT molecular complexity index is 457. The van der Waals surface area contributed by atoms with Crippen molar-refractivity contribution < 1.29 is 18.7 Å². The summed E-state index contributed by atoms with van der Waals surface area (Å²) in [6, 6.07) is 2.79. The van der Waals surface area contributed by atoms with Crippen LogP contribution in [0.1, 0.15) is 49.9 Å². The van der Waals surface area contributed by atoms with Crippen LogP contribution in [-0.2, 0) is 0 Å². The van der Waals surface area contributed by atoms with Gasteiger partial charge in [-0.15, -0.1) is 0 Å². The zero-order chi connectivity index (χ0) is 15.2. The lowest BCUT2D eigenvalue weighted by molar-refractivity contribution is 0.0212. The number of rotatable bonds is 7. The first-order valence-corrected chi connectivity index (χ1v) is 6.87. The van der Waals surface area contributed by atoms with E-state index < -0.39 is 23.1 Å². The number of benzene rings is 1. The van der Waals surface area contributed by atoms with Gasteiger partial charge in [0.05, 0.1) is 11.2 Å². The molecule has 1 amide bonds. The molecule has 0 spiro atoms. The molecule has 0 aliphatic carbocycles. The average molecular weight is 285 g/mol. The van der Waals surface area contributed by atoms with Crippen LogP contribution in [0.25, 0.3) is 0 Å². The van der Waals surface area contributed by atoms with Crippen LogP contribution < -0.4 is 5.32 Å². The van der Waals surface area contributed by atoms with Gasteiger partial charge in [-0.3, -0.25) is 4.79 Å². The maximum atomic E-state index is 13.5. The van der Waals surface area contributed by atoms with E-state index in [1.54, 1.807) is 0 Å². The fourth-order valence-corrected chi connectivity index (χ4v) is 2.25. The van der Waals surface area contributed by atoms with E-state index in [4.69, 9.17) is 0 Å². The highest BCUT2D eigenvalue weighted by Gasteiger charge is 2.26. The monoisotopic (exact) mass is 285 g/mol. The lowest BCUT2D eigenvalue weighted by atomic mass is 9.92. The van der Waals surface area contributed by atoms with E-state index in [-0.39, 0.29) is 12.1 Å². The minimum Gasteiger partial charge on any atom is -0.388 e. The molecule has 0 heterocycles. The fraction of sp³-hybridized carbons (Fsp3) is 0.533. The van der Waals surface area contributed by atoms with Crippen molar-refractivity contribution in [2.75, 3.05) is 6.54 Å². The number of nitrogens with one attached hydrogen (secondary N) is 1. The molecule has 3 nitrogen and oxygen atoms in total. The minimum absolute atomic E-state index is 0.0599. The van der Waals surface area contributed by atoms with Gasteiger partial charge in [-0.25, -0.2) is 8.78 Å². The normalized spacial score (nSPS) is 11.4. The molecule has 0 saturated heterocycles. The molecule has 5 heteroatoms. The molecule has 0 bridgehead atoms. The summed E-state index contributed by atoms with van der Waals surface area (Å²) in [5, 5.41) is 12.9. The van der Waals surface area contributed by atoms with Crippen LogP contribution in [0.5, 0.6) is 0 Å². The Morgan fingerprint density at radius 1 is 1.25 bits per heavy atom. The summed E-state index contributed by atoms with van der Waals surface area (Å²) in [5.41, 5.74) is -1.20. The van der Waals surface area contributed by atoms with Gasteiger partial charge < -0.3 is 10.4 Å². The van der Waals surface area contributed by atoms with Crippen molar-refractivity contribution in [2.24, 2.45) is 0 Å². The average Bonchev–Trinajstić information content (AvgIpc) is 2.37. The maximum absolute atomic E-state index is 13.5. The summed E-state index contributed by atoms with van der Waals surface area (Å²) >= 11 is 0. The van der Waals surface area contributed by atoms with Crippen LogP contribution in [0.2, 0.25) is 0 Å². The molecule has 1 aromatic carbocycles. The third-order valence-corrected chi connectivity index (χ3v) is 3.18. The summed E-state index contributed by atoms with van der Waals surface area (Å²) < 4.78 is 26.2. The molecule has 0 aliphatic heterocycles. The molecule has 0 aliphatic rings. The smallest absolute Gasteiger partial charge is 0.254 e. The Kier molecular flexibility index (Phi) is 6.07. The highest BCUT2D eigenvalue weighted by Crippen LogP contribution is 2.19. The lowest BCUT2D eigenvalue weighted by Gasteiger charge is -2.27. The third-order valence-electron chi connectivity index (χ3n) is 3.18. The van der Waals surface area contributed by atoms with E-state index in [1.165, 1.54) is 0 Å². The Morgan fingerprint density at radius 3 is 2.35 bits per heavy atom. The van der Waals surface area contributed by atoms with Crippen molar-refractivity contribution in [1.29, 1.82) is 0 Å². The Morgan fingerprint density at radius 2 is 1.85 bits per heavy atom. The third kappa shape index (κ3) is 4.56. The number of hydrogen-bond donors (Lipinski definition) is 2. The predicted octanol–water partition coefficient (Wildman–Crippen LogP) is 3.03. The van der Waals surface area contributed by atoms with Crippen LogP contribution in [0.3, 0.4) is 0 Å². The molecule has 20 heavy (non-hydrogen) atoms. The first-order chi connectivity index (χ1) is 9.41. The van der Waals surface area contributed by atoms with E-state index in [1.807, 2.05) is 13.8 Å². The van der Waals surface area contributed by atoms with Crippen molar-refractivity contribution >= 4 is 5.91 Å². The maximum Gasteiger partial charge on any atom is 0.254 e. The number of carbonyl (C=O) groups excluding carboxylic acids is 1. The van der Waals surface area contributed by atoms with Crippen molar-refractivity contribution in [3.05, 3.63) is 35.4 Å². The predicted molar refractivity (Wildman–Crippen MR) is 73.5 cm³/mol. The van der Waals surface area contributed by atoms with Crippen LogP contribution in [-0.4, -0.2) is 23.2 Å². The molecule has 1 aromatic rings. The molecule has 0 atom stereocenters. The fourth-order valence-electron chi connectivity index (χ4n) is 2.25. The second-order valence-corrected chi connectivity index (χ2v) is 5.03. The molecule has 0 unspecified atom stereocenters. The van der Waals surface area contributed by atoms with E-state index >= 15 is 0 Å². The second-order valence-electron chi connectivity index (χ2n) is 5.03. The molecule has 2 N–H and O–H groups in total. The lowest BCUT2D eigenvalue weighted by Crippen LogP contribution is -2.43. The Hall–Kier alpha value is -1.49. The number of hydrogen-bond acceptors (Lipinski definition) is 2. The van der Waals surface area contributed by atoms with Gasteiger partial charge in [0.25, 0.3) is 5.91 Å². The van der Waals surface area contributed by atoms with Gasteiger partial charge in [-0.05, 0) is 25.0 Å². The summed E-state index contributed by atoms with van der Waals surface area (Å²) in [5.74, 6) is -2.28. The summed E-state index contributed by atoms with van der Waals surface area (Å²) in [6.07, 6.45) is 2.70. The molecule has 1 rings (SSSR count). The van der Waals surface area contributed by atoms with Crippen LogP contribution in [0.15, 0.2) is 18.2 Å². The van der Waals surface area contributed by atoms with Gasteiger partial charge in [0.2, 0.25) is 0 Å². The second kappa shape index (κ2) is 7.33. The summed E-state index contributed by atoms with van der Waals surface area (Å²) in [6.45, 7) is 3.95. The number of carbonyl (C=O) groups is 1. The van der Waals surface area contributed by atoms with Gasteiger partial charge in [0.1, 0.15) is 11.6 Å². The van der Waals surface area contributed by atoms with Gasteiger partial charge in [0.15, 0.2) is 0 Å². The van der Waals surface area contributed by atoms with Crippen LogP contribution in [0, 0.1) is 11.6 Å². The summed E-state index contributed by atoms with van der Waals surface area (Å²) in [7, 11) is 0. The standard InChI is InChI=1S/C15H21F2NO2/c1-3-7-15(20,8-4-2)10-18-14(19)12-6-5-11(16)9-13(12)17/h5-6,9,20H,3-4,7-8,10H2,1-2H3,(H,18,19). The molecule has 0 aromatic heterocycles. The van der Waals surface area contributed by atoms with Crippen molar-refractivity contribution in [1.82, 2.24) is 5.32 Å². The molecule has 0 fully saturated rings. The first kappa shape index (κ1) is 16.6. The summed E-state index contributed by atoms with van der Waals surface area (Å²) in [4.78, 5) is 11.8. The first-order valence-electron chi connectivity index (χ1n) is 6.87. The Balaban J connectivity index is 2.70. The SMILES string of the molecule is CCCC(O)(CCC)CNC(=O)c1ccc(F)cc1F. The molecular formula is C15H21F2NO2. The van der Waals surface area contributed by atoms with E-state index in [0.29, 0.717) is 18.9 Å². The van der Waals surface area contributed by atoms with Crippen molar-refractivity contribution in [2.45, 2.75) is 45.1 Å². The van der Waals surface area contributed by atoms with Crippen molar-refractivity contribution in [3.63, 3.8) is 0 Å². The van der Waals surface area contributed by atoms with Gasteiger partial charge in [-0.1, -0.05) is 26.7 Å². The number of amides is 1. The Labute approximate surface area is 118 Å². The van der Waals surface area contributed by atoms with Gasteiger partial charge in [0, 0.05) is 12.6 Å². The highest BCUT2D eigenvalue weighted by atomic mass is 19.1. The molecule has 0 saturated carbocycles. The zero-order valence-electron chi connectivity index (χ0n) is 11.9.